The lowest BCUT2D eigenvalue weighted by Gasteiger charge is -2.28. The monoisotopic (exact) mass is 401 g/mol. The van der Waals surface area contributed by atoms with Crippen LogP contribution in [0, 0.1) is 13.8 Å². The fourth-order valence-electron chi connectivity index (χ4n) is 3.34. The summed E-state index contributed by atoms with van der Waals surface area (Å²) in [4.78, 5) is 15.0. The van der Waals surface area contributed by atoms with Crippen molar-refractivity contribution < 1.29 is 22.7 Å². The molecule has 0 aromatic heterocycles. The summed E-state index contributed by atoms with van der Waals surface area (Å²) in [6, 6.07) is 10.1. The minimum Gasteiger partial charge on any atom is -0.497 e. The molecule has 1 aliphatic rings. The third kappa shape index (κ3) is 4.20. The fraction of sp³-hybridized carbons (Fsp3) is 0.286. The summed E-state index contributed by atoms with van der Waals surface area (Å²) in [5.74, 6) is 0.497. The number of hydrogen-bond donors (Lipinski definition) is 0. The molecule has 0 fully saturated rings. The summed E-state index contributed by atoms with van der Waals surface area (Å²) in [7, 11) is -0.312. The third-order valence-electron chi connectivity index (χ3n) is 4.54. The minimum atomic E-state index is -3.33. The molecule has 148 valence electrons. The number of anilines is 1. The van der Waals surface area contributed by atoms with E-state index in [0.29, 0.717) is 22.7 Å². The highest BCUT2D eigenvalue weighted by Gasteiger charge is 2.32. The SMILES string of the molecule is COc1cc(OC)cc(C(=O)N(c2cc(C)cc(C)c2)C2C=CS(=O)(=O)C2)c1. The number of rotatable bonds is 5. The second kappa shape index (κ2) is 7.67. The predicted molar refractivity (Wildman–Crippen MR) is 109 cm³/mol. The fourth-order valence-corrected chi connectivity index (χ4v) is 4.61. The maximum atomic E-state index is 13.5. The maximum Gasteiger partial charge on any atom is 0.259 e. The topological polar surface area (TPSA) is 72.9 Å². The van der Waals surface area contributed by atoms with E-state index in [0.717, 1.165) is 11.1 Å². The zero-order valence-corrected chi connectivity index (χ0v) is 17.1. The van der Waals surface area contributed by atoms with Crippen molar-refractivity contribution in [1.29, 1.82) is 0 Å². The molecule has 1 heterocycles. The molecule has 28 heavy (non-hydrogen) atoms. The average Bonchev–Trinajstić information content (AvgIpc) is 2.99. The molecule has 7 heteroatoms. The van der Waals surface area contributed by atoms with Gasteiger partial charge in [0, 0.05) is 22.7 Å². The van der Waals surface area contributed by atoms with Crippen LogP contribution in [-0.2, 0) is 9.84 Å². The highest BCUT2D eigenvalue weighted by atomic mass is 32.2. The van der Waals surface area contributed by atoms with Gasteiger partial charge >= 0.3 is 0 Å². The van der Waals surface area contributed by atoms with Crippen LogP contribution in [0.4, 0.5) is 5.69 Å². The van der Waals surface area contributed by atoms with Crippen molar-refractivity contribution in [3.05, 3.63) is 64.6 Å². The quantitative estimate of drug-likeness (QED) is 0.769. The number of methoxy groups -OCH3 is 2. The van der Waals surface area contributed by atoms with Crippen molar-refractivity contribution in [1.82, 2.24) is 0 Å². The van der Waals surface area contributed by atoms with Crippen molar-refractivity contribution in [3.8, 4) is 11.5 Å². The first kappa shape index (κ1) is 19.9. The van der Waals surface area contributed by atoms with Crippen LogP contribution in [0.25, 0.3) is 0 Å². The Hall–Kier alpha value is -2.80. The first-order valence-corrected chi connectivity index (χ1v) is 10.5. The van der Waals surface area contributed by atoms with Crippen LogP contribution < -0.4 is 14.4 Å². The van der Waals surface area contributed by atoms with Gasteiger partial charge in [-0.25, -0.2) is 8.42 Å². The van der Waals surface area contributed by atoms with Crippen LogP contribution in [0.3, 0.4) is 0 Å². The molecule has 0 spiro atoms. The zero-order valence-electron chi connectivity index (χ0n) is 16.3. The number of amides is 1. The van der Waals surface area contributed by atoms with Crippen molar-refractivity contribution in [3.63, 3.8) is 0 Å². The Kier molecular flexibility index (Phi) is 5.47. The number of carbonyl (C=O) groups is 1. The van der Waals surface area contributed by atoms with E-state index in [9.17, 15) is 13.2 Å². The highest BCUT2D eigenvalue weighted by Crippen LogP contribution is 2.29. The molecule has 3 rings (SSSR count). The van der Waals surface area contributed by atoms with Crippen LogP contribution in [0.1, 0.15) is 21.5 Å². The van der Waals surface area contributed by atoms with E-state index in [1.54, 1.807) is 24.3 Å². The Morgan fingerprint density at radius 1 is 0.964 bits per heavy atom. The van der Waals surface area contributed by atoms with Gasteiger partial charge in [0.2, 0.25) is 0 Å². The van der Waals surface area contributed by atoms with Crippen LogP contribution in [0.2, 0.25) is 0 Å². The smallest absolute Gasteiger partial charge is 0.259 e. The van der Waals surface area contributed by atoms with Gasteiger partial charge in [-0.15, -0.1) is 0 Å². The molecule has 1 aliphatic heterocycles. The average molecular weight is 401 g/mol. The molecule has 0 radical (unpaired) electrons. The number of nitrogens with zero attached hydrogens (tertiary/aromatic N) is 1. The van der Waals surface area contributed by atoms with Crippen molar-refractivity contribution >= 4 is 21.4 Å². The molecule has 6 nitrogen and oxygen atoms in total. The summed E-state index contributed by atoms with van der Waals surface area (Å²) in [6.45, 7) is 3.88. The van der Waals surface area contributed by atoms with Gasteiger partial charge in [0.15, 0.2) is 9.84 Å². The second-order valence-corrected chi connectivity index (χ2v) is 8.78. The molecule has 0 N–H and O–H groups in total. The molecule has 2 aromatic carbocycles. The van der Waals surface area contributed by atoms with Crippen LogP contribution in [-0.4, -0.2) is 40.3 Å². The van der Waals surface area contributed by atoms with Gasteiger partial charge in [-0.1, -0.05) is 6.07 Å². The van der Waals surface area contributed by atoms with Crippen LogP contribution in [0.15, 0.2) is 47.9 Å². The molecule has 1 atom stereocenters. The Morgan fingerprint density at radius 3 is 2.00 bits per heavy atom. The van der Waals surface area contributed by atoms with Gasteiger partial charge in [0.05, 0.1) is 26.0 Å². The summed E-state index contributed by atoms with van der Waals surface area (Å²) in [5.41, 5.74) is 2.98. The van der Waals surface area contributed by atoms with E-state index in [2.05, 4.69) is 0 Å². The molecule has 0 aliphatic carbocycles. The number of aryl methyl sites for hydroxylation is 2. The number of ether oxygens (including phenoxy) is 2. The van der Waals surface area contributed by atoms with Gasteiger partial charge in [-0.3, -0.25) is 4.79 Å². The van der Waals surface area contributed by atoms with Crippen molar-refractivity contribution in [2.45, 2.75) is 19.9 Å². The Bertz CT molecular complexity index is 1000. The lowest BCUT2D eigenvalue weighted by atomic mass is 10.1. The van der Waals surface area contributed by atoms with Gasteiger partial charge in [-0.2, -0.15) is 0 Å². The van der Waals surface area contributed by atoms with Crippen LogP contribution in [0.5, 0.6) is 11.5 Å². The molecular weight excluding hydrogens is 378 g/mol. The lowest BCUT2D eigenvalue weighted by molar-refractivity contribution is 0.0982. The molecule has 0 saturated carbocycles. The normalized spacial score (nSPS) is 17.4. The van der Waals surface area contributed by atoms with Crippen LogP contribution >= 0.6 is 0 Å². The third-order valence-corrected chi connectivity index (χ3v) is 5.92. The Labute approximate surface area is 165 Å². The van der Waals surface area contributed by atoms with E-state index in [-0.39, 0.29) is 11.7 Å². The Balaban J connectivity index is 2.11. The van der Waals surface area contributed by atoms with E-state index in [1.165, 1.54) is 24.5 Å². The molecule has 1 amide bonds. The number of hydrogen-bond acceptors (Lipinski definition) is 5. The summed E-state index contributed by atoms with van der Waals surface area (Å²) >= 11 is 0. The van der Waals surface area contributed by atoms with E-state index in [4.69, 9.17) is 9.47 Å². The Morgan fingerprint density at radius 2 is 1.54 bits per heavy atom. The van der Waals surface area contributed by atoms with Gasteiger partial charge in [-0.05, 0) is 55.3 Å². The summed E-state index contributed by atoms with van der Waals surface area (Å²) < 4.78 is 34.5. The lowest BCUT2D eigenvalue weighted by Crippen LogP contribution is -2.41. The first-order valence-electron chi connectivity index (χ1n) is 8.78. The number of benzene rings is 2. The molecule has 0 bridgehead atoms. The summed E-state index contributed by atoms with van der Waals surface area (Å²) in [6.07, 6.45) is 1.56. The first-order chi connectivity index (χ1) is 13.2. The number of carbonyl (C=O) groups excluding carboxylic acids is 1. The largest absolute Gasteiger partial charge is 0.497 e. The minimum absolute atomic E-state index is 0.146. The maximum absolute atomic E-state index is 13.5. The molecule has 1 unspecified atom stereocenters. The molecule has 2 aromatic rings. The summed E-state index contributed by atoms with van der Waals surface area (Å²) in [5, 5.41) is 1.17. The zero-order chi connectivity index (χ0) is 20.5. The number of sulfone groups is 1. The van der Waals surface area contributed by atoms with E-state index < -0.39 is 15.9 Å². The van der Waals surface area contributed by atoms with E-state index >= 15 is 0 Å². The highest BCUT2D eigenvalue weighted by molar-refractivity contribution is 7.94. The second-order valence-electron chi connectivity index (χ2n) is 6.85. The van der Waals surface area contributed by atoms with Crippen molar-refractivity contribution in [2.24, 2.45) is 0 Å². The standard InChI is InChI=1S/C21H23NO5S/c1-14-7-15(2)9-18(8-14)22(17-5-6-28(24,25)13-17)21(23)16-10-19(26-3)12-20(11-16)27-4/h5-12,17H,13H2,1-4H3. The van der Waals surface area contributed by atoms with E-state index in [1.807, 2.05) is 32.0 Å². The predicted octanol–water partition coefficient (Wildman–Crippen LogP) is 3.28. The van der Waals surface area contributed by atoms with Crippen molar-refractivity contribution in [2.75, 3.05) is 24.9 Å². The van der Waals surface area contributed by atoms with Gasteiger partial charge in [0.1, 0.15) is 11.5 Å². The molecule has 0 saturated heterocycles. The van der Waals surface area contributed by atoms with Gasteiger partial charge in [0.25, 0.3) is 5.91 Å². The van der Waals surface area contributed by atoms with Gasteiger partial charge < -0.3 is 14.4 Å². The molecular formula is C21H23NO5S.